The molecule has 2 aliphatic rings. The molecule has 0 spiro atoms. The highest BCUT2D eigenvalue weighted by Gasteiger charge is 2.24. The number of H-pyrrole nitrogens is 1. The number of benzene rings is 1. The number of anilines is 2. The molecular weight excluding hydrogens is 392 g/mol. The number of para-hydroxylation sites is 1. The number of aryl methyl sites for hydroxylation is 1. The van der Waals surface area contributed by atoms with E-state index >= 15 is 0 Å². The molecule has 8 heteroatoms. The fraction of sp³-hybridized carbons (Fsp3) is 0.435. The van der Waals surface area contributed by atoms with Gasteiger partial charge in [0.15, 0.2) is 0 Å². The Morgan fingerprint density at radius 3 is 2.61 bits per heavy atom. The third-order valence-corrected chi connectivity index (χ3v) is 6.10. The first-order chi connectivity index (χ1) is 15.2. The number of carbonyl (C=O) groups is 1. The van der Waals surface area contributed by atoms with Crippen molar-refractivity contribution in [2.24, 2.45) is 0 Å². The highest BCUT2D eigenvalue weighted by Crippen LogP contribution is 2.21. The number of aromatic amines is 1. The summed E-state index contributed by atoms with van der Waals surface area (Å²) < 4.78 is 5.45. The smallest absolute Gasteiger partial charge is 0.227 e. The number of nitrogens with one attached hydrogen (secondary N) is 1. The zero-order chi connectivity index (χ0) is 21.2. The van der Waals surface area contributed by atoms with Gasteiger partial charge in [0.2, 0.25) is 11.9 Å². The first-order valence-corrected chi connectivity index (χ1v) is 10.9. The van der Waals surface area contributed by atoms with E-state index in [2.05, 4.69) is 25.8 Å². The van der Waals surface area contributed by atoms with Crippen molar-refractivity contribution in [2.45, 2.75) is 13.3 Å². The summed E-state index contributed by atoms with van der Waals surface area (Å²) >= 11 is 0. The van der Waals surface area contributed by atoms with Crippen molar-refractivity contribution in [2.75, 3.05) is 62.3 Å². The average molecular weight is 421 g/mol. The van der Waals surface area contributed by atoms with E-state index in [-0.39, 0.29) is 5.91 Å². The molecule has 2 saturated heterocycles. The van der Waals surface area contributed by atoms with Crippen LogP contribution in [0, 0.1) is 6.92 Å². The number of fused-ring (bicyclic) bond motifs is 1. The molecule has 2 aromatic heterocycles. The topological polar surface area (TPSA) is 77.6 Å². The zero-order valence-electron chi connectivity index (χ0n) is 17.9. The second-order valence-electron chi connectivity index (χ2n) is 8.17. The number of carbonyl (C=O) groups excluding carboxylic acids is 1. The van der Waals surface area contributed by atoms with Crippen molar-refractivity contribution < 1.29 is 9.53 Å². The Balaban J connectivity index is 1.23. The van der Waals surface area contributed by atoms with Crippen molar-refractivity contribution >= 4 is 28.6 Å². The van der Waals surface area contributed by atoms with Crippen LogP contribution in [0.15, 0.2) is 36.5 Å². The molecule has 5 rings (SSSR count). The number of nitrogens with zero attached hydrogens (tertiary/aromatic N) is 5. The lowest BCUT2D eigenvalue weighted by molar-refractivity contribution is -0.130. The number of amides is 1. The molecule has 1 N–H and O–H groups in total. The van der Waals surface area contributed by atoms with Crippen molar-refractivity contribution in [3.05, 3.63) is 47.8 Å². The largest absolute Gasteiger partial charge is 0.378 e. The highest BCUT2D eigenvalue weighted by atomic mass is 16.5. The van der Waals surface area contributed by atoms with Crippen LogP contribution in [0.2, 0.25) is 0 Å². The van der Waals surface area contributed by atoms with Gasteiger partial charge in [-0.15, -0.1) is 0 Å². The van der Waals surface area contributed by atoms with Gasteiger partial charge in [-0.05, 0) is 18.6 Å². The van der Waals surface area contributed by atoms with E-state index in [1.54, 1.807) is 0 Å². The Bertz CT molecular complexity index is 1070. The Hall–Kier alpha value is -3.13. The molecular formula is C23H28N6O2. The second-order valence-corrected chi connectivity index (χ2v) is 8.17. The summed E-state index contributed by atoms with van der Waals surface area (Å²) in [5, 5.41) is 1.13. The lowest BCUT2D eigenvalue weighted by atomic mass is 10.1. The highest BCUT2D eigenvalue weighted by molar-refractivity contribution is 5.89. The quantitative estimate of drug-likeness (QED) is 0.696. The van der Waals surface area contributed by atoms with Crippen LogP contribution >= 0.6 is 0 Å². The predicted molar refractivity (Wildman–Crippen MR) is 121 cm³/mol. The molecule has 4 heterocycles. The SMILES string of the molecule is Cc1cc(N2CCN(C(=O)Cc3c[nH]c4ccccc34)CC2)nc(N2CCOCC2)n1. The summed E-state index contributed by atoms with van der Waals surface area (Å²) in [7, 11) is 0. The molecule has 1 aromatic carbocycles. The molecule has 0 radical (unpaired) electrons. The first-order valence-electron chi connectivity index (χ1n) is 10.9. The predicted octanol–water partition coefficient (Wildman–Crippen LogP) is 1.99. The van der Waals surface area contributed by atoms with Crippen LogP contribution in [0.4, 0.5) is 11.8 Å². The van der Waals surface area contributed by atoms with Gasteiger partial charge >= 0.3 is 0 Å². The van der Waals surface area contributed by atoms with Gasteiger partial charge in [-0.3, -0.25) is 4.79 Å². The van der Waals surface area contributed by atoms with Crippen molar-refractivity contribution in [1.82, 2.24) is 19.9 Å². The van der Waals surface area contributed by atoms with Crippen LogP contribution in [0.25, 0.3) is 10.9 Å². The third-order valence-electron chi connectivity index (χ3n) is 6.10. The monoisotopic (exact) mass is 420 g/mol. The van der Waals surface area contributed by atoms with E-state index in [0.717, 1.165) is 60.1 Å². The average Bonchev–Trinajstić information content (AvgIpc) is 3.22. The number of ether oxygens (including phenoxy) is 1. The molecule has 0 bridgehead atoms. The van der Waals surface area contributed by atoms with Gasteiger partial charge in [-0.1, -0.05) is 18.2 Å². The van der Waals surface area contributed by atoms with Crippen molar-refractivity contribution in [1.29, 1.82) is 0 Å². The summed E-state index contributed by atoms with van der Waals surface area (Å²) in [6.07, 6.45) is 2.38. The van der Waals surface area contributed by atoms with E-state index in [9.17, 15) is 4.79 Å². The third kappa shape index (κ3) is 4.20. The molecule has 0 unspecified atom stereocenters. The summed E-state index contributed by atoms with van der Waals surface area (Å²) in [6, 6.07) is 10.2. The van der Waals surface area contributed by atoms with Gasteiger partial charge in [0.1, 0.15) is 5.82 Å². The minimum atomic E-state index is 0.178. The summed E-state index contributed by atoms with van der Waals surface area (Å²) in [5.74, 6) is 1.89. The first kappa shape index (κ1) is 19.8. The van der Waals surface area contributed by atoms with Crippen LogP contribution in [-0.4, -0.2) is 78.2 Å². The maximum Gasteiger partial charge on any atom is 0.227 e. The van der Waals surface area contributed by atoms with Gasteiger partial charge in [0, 0.05) is 68.1 Å². The molecule has 2 aliphatic heterocycles. The van der Waals surface area contributed by atoms with Gasteiger partial charge in [0.05, 0.1) is 19.6 Å². The normalized spacial score (nSPS) is 17.4. The Morgan fingerprint density at radius 1 is 1.03 bits per heavy atom. The number of aromatic nitrogens is 3. The summed E-state index contributed by atoms with van der Waals surface area (Å²) in [6.45, 7) is 8.04. The fourth-order valence-corrected chi connectivity index (χ4v) is 4.34. The Morgan fingerprint density at radius 2 is 1.81 bits per heavy atom. The van der Waals surface area contributed by atoms with E-state index in [4.69, 9.17) is 9.72 Å². The number of hydrogen-bond donors (Lipinski definition) is 1. The van der Waals surface area contributed by atoms with Gasteiger partial charge in [-0.2, -0.15) is 4.98 Å². The molecule has 3 aromatic rings. The van der Waals surface area contributed by atoms with Crippen molar-refractivity contribution in [3.63, 3.8) is 0 Å². The summed E-state index contributed by atoms with van der Waals surface area (Å²) in [4.78, 5) is 32.0. The number of hydrogen-bond acceptors (Lipinski definition) is 6. The maximum atomic E-state index is 12.9. The number of rotatable bonds is 4. The number of piperazine rings is 1. The standard InChI is InChI=1S/C23H28N6O2/c1-17-14-21(26-23(25-17)29-10-12-31-13-11-29)27-6-8-28(9-7-27)22(30)15-18-16-24-20-5-3-2-4-19(18)20/h2-5,14,16,24H,6-13,15H2,1H3. The minimum absolute atomic E-state index is 0.178. The molecule has 31 heavy (non-hydrogen) atoms. The van der Waals surface area contributed by atoms with Crippen LogP contribution in [0.3, 0.4) is 0 Å². The lowest BCUT2D eigenvalue weighted by Gasteiger charge is -2.36. The van der Waals surface area contributed by atoms with Crippen molar-refractivity contribution in [3.8, 4) is 0 Å². The maximum absolute atomic E-state index is 12.9. The van der Waals surface area contributed by atoms with E-state index in [1.165, 1.54) is 0 Å². The second kappa shape index (κ2) is 8.55. The molecule has 0 saturated carbocycles. The van der Waals surface area contributed by atoms with Gasteiger partial charge in [-0.25, -0.2) is 4.98 Å². The molecule has 162 valence electrons. The van der Waals surface area contributed by atoms with Crippen LogP contribution < -0.4 is 9.80 Å². The minimum Gasteiger partial charge on any atom is -0.378 e. The Kier molecular flexibility index (Phi) is 5.46. The van der Waals surface area contributed by atoms with E-state index in [1.807, 2.05) is 42.3 Å². The Labute approximate surface area is 181 Å². The molecule has 1 amide bonds. The zero-order valence-corrected chi connectivity index (χ0v) is 17.9. The van der Waals surface area contributed by atoms with Gasteiger partial charge < -0.3 is 24.4 Å². The molecule has 2 fully saturated rings. The fourth-order valence-electron chi connectivity index (χ4n) is 4.34. The van der Waals surface area contributed by atoms with Gasteiger partial charge in [0.25, 0.3) is 0 Å². The van der Waals surface area contributed by atoms with Crippen LogP contribution in [-0.2, 0) is 16.0 Å². The summed E-state index contributed by atoms with van der Waals surface area (Å²) in [5.41, 5.74) is 3.10. The number of morpholine rings is 1. The van der Waals surface area contributed by atoms with E-state index < -0.39 is 0 Å². The van der Waals surface area contributed by atoms with E-state index in [0.29, 0.717) is 32.7 Å². The molecule has 0 atom stereocenters. The van der Waals surface area contributed by atoms with Crippen LogP contribution in [0.5, 0.6) is 0 Å². The molecule has 0 aliphatic carbocycles. The molecule has 8 nitrogen and oxygen atoms in total. The van der Waals surface area contributed by atoms with Crippen LogP contribution in [0.1, 0.15) is 11.3 Å². The lowest BCUT2D eigenvalue weighted by Crippen LogP contribution is -2.49.